The van der Waals surface area contributed by atoms with Crippen molar-refractivity contribution in [1.29, 1.82) is 0 Å². The fraction of sp³-hybridized carbons (Fsp3) is 0.462. The first-order valence-electron chi connectivity index (χ1n) is 5.91. The fourth-order valence-electron chi connectivity index (χ4n) is 2.39. The number of rotatable bonds is 3. The van der Waals surface area contributed by atoms with Crippen molar-refractivity contribution >= 4 is 6.03 Å². The van der Waals surface area contributed by atoms with E-state index in [9.17, 15) is 9.18 Å². The molecule has 1 aromatic rings. The highest BCUT2D eigenvalue weighted by atomic mass is 19.1. The number of hydrogen-bond acceptors (Lipinski definition) is 1. The Balaban J connectivity index is 2.02. The van der Waals surface area contributed by atoms with E-state index in [4.69, 9.17) is 0 Å². The van der Waals surface area contributed by atoms with Gasteiger partial charge in [-0.15, -0.1) is 0 Å². The number of urea groups is 1. The van der Waals surface area contributed by atoms with Gasteiger partial charge in [-0.3, -0.25) is 0 Å². The van der Waals surface area contributed by atoms with Crippen LogP contribution < -0.4 is 10.6 Å². The summed E-state index contributed by atoms with van der Waals surface area (Å²) >= 11 is 0. The van der Waals surface area contributed by atoms with Crippen LogP contribution in [0.5, 0.6) is 0 Å². The molecule has 0 heterocycles. The summed E-state index contributed by atoms with van der Waals surface area (Å²) in [5.74, 6) is 0.456. The van der Waals surface area contributed by atoms with Crippen LogP contribution in [0.3, 0.4) is 0 Å². The third-order valence-corrected chi connectivity index (χ3v) is 3.18. The molecule has 3 nitrogen and oxygen atoms in total. The Kier molecular flexibility index (Phi) is 3.61. The molecule has 2 unspecified atom stereocenters. The molecular formula is C13H17FN2O. The van der Waals surface area contributed by atoms with Gasteiger partial charge in [-0.2, -0.15) is 0 Å². The molecule has 0 aliphatic heterocycles. The van der Waals surface area contributed by atoms with Gasteiger partial charge in [0.15, 0.2) is 0 Å². The van der Waals surface area contributed by atoms with Crippen LogP contribution in [-0.4, -0.2) is 19.3 Å². The summed E-state index contributed by atoms with van der Waals surface area (Å²) in [6, 6.07) is 7.88. The highest BCUT2D eigenvalue weighted by Gasteiger charge is 2.28. The lowest BCUT2D eigenvalue weighted by Gasteiger charge is -2.14. The normalized spacial score (nSPS) is 22.0. The minimum Gasteiger partial charge on any atom is -0.336 e. The van der Waals surface area contributed by atoms with Crippen LogP contribution in [0, 0.1) is 0 Å². The summed E-state index contributed by atoms with van der Waals surface area (Å²) in [5.41, 5.74) is 2.47. The maximum absolute atomic E-state index is 11.9. The third kappa shape index (κ3) is 2.57. The van der Waals surface area contributed by atoms with E-state index >= 15 is 0 Å². The SMILES string of the molecule is CC1CC(NC(=O)NCCF)c2ccccc21. The second-order valence-electron chi connectivity index (χ2n) is 4.41. The van der Waals surface area contributed by atoms with Crippen LogP contribution in [0.4, 0.5) is 9.18 Å². The highest BCUT2D eigenvalue weighted by molar-refractivity contribution is 5.74. The summed E-state index contributed by atoms with van der Waals surface area (Å²) in [4.78, 5) is 11.5. The molecule has 0 bridgehead atoms. The number of amides is 2. The molecule has 0 saturated heterocycles. The molecule has 4 heteroatoms. The molecule has 2 atom stereocenters. The van der Waals surface area contributed by atoms with Gasteiger partial charge in [0, 0.05) is 6.54 Å². The number of benzene rings is 1. The first-order valence-corrected chi connectivity index (χ1v) is 5.91. The summed E-state index contributed by atoms with van der Waals surface area (Å²) in [5, 5.41) is 5.36. The third-order valence-electron chi connectivity index (χ3n) is 3.18. The molecular weight excluding hydrogens is 219 g/mol. The molecule has 0 aromatic heterocycles. The van der Waals surface area contributed by atoms with Crippen LogP contribution in [0.25, 0.3) is 0 Å². The zero-order valence-corrected chi connectivity index (χ0v) is 9.87. The Morgan fingerprint density at radius 2 is 2.12 bits per heavy atom. The van der Waals surface area contributed by atoms with Gasteiger partial charge in [-0.25, -0.2) is 9.18 Å². The van der Waals surface area contributed by atoms with Crippen LogP contribution in [-0.2, 0) is 0 Å². The molecule has 2 N–H and O–H groups in total. The molecule has 17 heavy (non-hydrogen) atoms. The van der Waals surface area contributed by atoms with Crippen molar-refractivity contribution in [2.75, 3.05) is 13.2 Å². The van der Waals surface area contributed by atoms with E-state index in [1.165, 1.54) is 11.1 Å². The Bertz CT molecular complexity index is 408. The van der Waals surface area contributed by atoms with E-state index in [1.807, 2.05) is 18.2 Å². The highest BCUT2D eigenvalue weighted by Crippen LogP contribution is 2.39. The molecule has 1 aliphatic rings. The van der Waals surface area contributed by atoms with Crippen molar-refractivity contribution in [2.24, 2.45) is 0 Å². The lowest BCUT2D eigenvalue weighted by molar-refractivity contribution is 0.235. The number of alkyl halides is 1. The minimum absolute atomic E-state index is 0.0424. The Morgan fingerprint density at radius 3 is 2.82 bits per heavy atom. The van der Waals surface area contributed by atoms with Gasteiger partial charge in [0.1, 0.15) is 6.67 Å². The average Bonchev–Trinajstić information content (AvgIpc) is 2.65. The number of fused-ring (bicyclic) bond motifs is 1. The summed E-state index contributed by atoms with van der Waals surface area (Å²) in [7, 11) is 0. The van der Waals surface area contributed by atoms with Crippen LogP contribution in [0.2, 0.25) is 0 Å². The molecule has 0 fully saturated rings. The second-order valence-corrected chi connectivity index (χ2v) is 4.41. The standard InChI is InChI=1S/C13H17FN2O/c1-9-8-12(16-13(17)15-7-6-14)11-5-3-2-4-10(9)11/h2-5,9,12H,6-8H2,1H3,(H2,15,16,17). The Morgan fingerprint density at radius 1 is 1.41 bits per heavy atom. The number of nitrogens with one attached hydrogen (secondary N) is 2. The zero-order valence-electron chi connectivity index (χ0n) is 9.87. The number of hydrogen-bond donors (Lipinski definition) is 2. The second kappa shape index (κ2) is 5.17. The van der Waals surface area contributed by atoms with E-state index in [0.29, 0.717) is 5.92 Å². The number of carbonyl (C=O) groups excluding carboxylic acids is 1. The van der Waals surface area contributed by atoms with E-state index in [2.05, 4.69) is 23.6 Å². The van der Waals surface area contributed by atoms with Crippen molar-refractivity contribution in [3.8, 4) is 0 Å². The summed E-state index contributed by atoms with van der Waals surface area (Å²) < 4.78 is 11.9. The largest absolute Gasteiger partial charge is 0.336 e. The quantitative estimate of drug-likeness (QED) is 0.831. The van der Waals surface area contributed by atoms with Crippen LogP contribution in [0.1, 0.15) is 36.4 Å². The smallest absolute Gasteiger partial charge is 0.315 e. The van der Waals surface area contributed by atoms with Crippen molar-refractivity contribution in [3.05, 3.63) is 35.4 Å². The topological polar surface area (TPSA) is 41.1 Å². The number of halogens is 1. The molecule has 0 radical (unpaired) electrons. The van der Waals surface area contributed by atoms with Gasteiger partial charge in [0.25, 0.3) is 0 Å². The summed E-state index contributed by atoms with van der Waals surface area (Å²) in [6.07, 6.45) is 0.905. The van der Waals surface area contributed by atoms with Gasteiger partial charge in [-0.1, -0.05) is 31.2 Å². The van der Waals surface area contributed by atoms with E-state index in [0.717, 1.165) is 6.42 Å². The van der Waals surface area contributed by atoms with E-state index in [-0.39, 0.29) is 18.6 Å². The van der Waals surface area contributed by atoms with E-state index in [1.54, 1.807) is 0 Å². The average molecular weight is 236 g/mol. The van der Waals surface area contributed by atoms with Crippen molar-refractivity contribution in [3.63, 3.8) is 0 Å². The number of carbonyl (C=O) groups is 1. The maximum atomic E-state index is 11.9. The molecule has 0 saturated carbocycles. The van der Waals surface area contributed by atoms with Crippen molar-refractivity contribution < 1.29 is 9.18 Å². The molecule has 1 aromatic carbocycles. The van der Waals surface area contributed by atoms with Gasteiger partial charge in [-0.05, 0) is 23.5 Å². The van der Waals surface area contributed by atoms with Gasteiger partial charge >= 0.3 is 6.03 Å². The van der Waals surface area contributed by atoms with E-state index < -0.39 is 6.67 Å². The van der Waals surface area contributed by atoms with Gasteiger partial charge < -0.3 is 10.6 Å². The Labute approximate surface area is 100 Å². The molecule has 2 rings (SSSR count). The van der Waals surface area contributed by atoms with Crippen LogP contribution in [0.15, 0.2) is 24.3 Å². The lowest BCUT2D eigenvalue weighted by Crippen LogP contribution is -2.38. The Hall–Kier alpha value is -1.58. The molecule has 1 aliphatic carbocycles. The molecule has 2 amide bonds. The predicted molar refractivity (Wildman–Crippen MR) is 64.7 cm³/mol. The predicted octanol–water partition coefficient (Wildman–Crippen LogP) is 2.50. The first-order chi connectivity index (χ1) is 8.22. The van der Waals surface area contributed by atoms with Crippen molar-refractivity contribution in [2.45, 2.75) is 25.3 Å². The minimum atomic E-state index is -0.537. The van der Waals surface area contributed by atoms with Crippen molar-refractivity contribution in [1.82, 2.24) is 10.6 Å². The van der Waals surface area contributed by atoms with Gasteiger partial charge in [0.2, 0.25) is 0 Å². The van der Waals surface area contributed by atoms with Crippen LogP contribution >= 0.6 is 0 Å². The zero-order chi connectivity index (χ0) is 12.3. The maximum Gasteiger partial charge on any atom is 0.315 e. The molecule has 0 spiro atoms. The summed E-state index contributed by atoms with van der Waals surface area (Å²) in [6.45, 7) is 1.68. The lowest BCUT2D eigenvalue weighted by atomic mass is 10.0. The first kappa shape index (κ1) is 11.9. The molecule has 92 valence electrons. The fourth-order valence-corrected chi connectivity index (χ4v) is 2.39. The monoisotopic (exact) mass is 236 g/mol. The van der Waals surface area contributed by atoms with Gasteiger partial charge in [0.05, 0.1) is 6.04 Å².